The van der Waals surface area contributed by atoms with Crippen LogP contribution in [0.15, 0.2) is 0 Å². The Morgan fingerprint density at radius 1 is 1.06 bits per heavy atom. The number of sulfonamides is 1. The summed E-state index contributed by atoms with van der Waals surface area (Å²) >= 11 is 0. The van der Waals surface area contributed by atoms with E-state index in [4.69, 9.17) is 0 Å². The summed E-state index contributed by atoms with van der Waals surface area (Å²) in [6.07, 6.45) is 3.97. The first-order chi connectivity index (χ1) is 8.36. The maximum atomic E-state index is 11.9. The van der Waals surface area contributed by atoms with Crippen molar-refractivity contribution in [2.24, 2.45) is 0 Å². The van der Waals surface area contributed by atoms with Crippen molar-refractivity contribution in [3.8, 4) is 0 Å². The molecule has 0 N–H and O–H groups in total. The van der Waals surface area contributed by atoms with Gasteiger partial charge in [0, 0.05) is 19.6 Å². The summed E-state index contributed by atoms with van der Waals surface area (Å²) in [7, 11) is -3.30. The summed E-state index contributed by atoms with van der Waals surface area (Å²) in [5.74, 6) is -0.123. The molecule has 0 aliphatic rings. The molecule has 0 atom stereocenters. The Hall–Kier alpha value is -0.620. The highest BCUT2D eigenvalue weighted by Crippen LogP contribution is 2.04. The monoisotopic (exact) mass is 278 g/mol. The first-order valence-corrected chi connectivity index (χ1v) is 8.44. The van der Waals surface area contributed by atoms with E-state index in [2.05, 4.69) is 6.92 Å². The lowest BCUT2D eigenvalue weighted by Gasteiger charge is -2.24. The fraction of sp³-hybridized carbons (Fsp3) is 0.917. The van der Waals surface area contributed by atoms with Crippen LogP contribution in [0.3, 0.4) is 0 Å². The number of amides is 1. The van der Waals surface area contributed by atoms with Gasteiger partial charge in [-0.15, -0.1) is 0 Å². The molecule has 0 spiro atoms. The summed E-state index contributed by atoms with van der Waals surface area (Å²) in [4.78, 5) is 13.6. The maximum absolute atomic E-state index is 11.9. The zero-order chi connectivity index (χ0) is 14.2. The van der Waals surface area contributed by atoms with Crippen molar-refractivity contribution in [3.05, 3.63) is 0 Å². The number of carbonyl (C=O) groups is 1. The minimum atomic E-state index is -3.30. The second-order valence-electron chi connectivity index (χ2n) is 4.37. The number of rotatable bonds is 9. The molecule has 0 saturated carbocycles. The van der Waals surface area contributed by atoms with Crippen LogP contribution in [0.4, 0.5) is 0 Å². The Morgan fingerprint density at radius 3 is 2.00 bits per heavy atom. The summed E-state index contributed by atoms with van der Waals surface area (Å²) in [5, 5.41) is 0. The van der Waals surface area contributed by atoms with Gasteiger partial charge in [0.15, 0.2) is 0 Å². The van der Waals surface area contributed by atoms with Crippen LogP contribution < -0.4 is 0 Å². The van der Waals surface area contributed by atoms with E-state index in [1.165, 1.54) is 4.31 Å². The molecule has 0 unspecified atom stereocenters. The van der Waals surface area contributed by atoms with Crippen LogP contribution in [0.1, 0.15) is 40.0 Å². The van der Waals surface area contributed by atoms with Gasteiger partial charge in [-0.25, -0.2) is 8.42 Å². The Morgan fingerprint density at radius 2 is 1.61 bits per heavy atom. The molecule has 5 nitrogen and oxygen atoms in total. The van der Waals surface area contributed by atoms with E-state index >= 15 is 0 Å². The first-order valence-electron chi connectivity index (χ1n) is 6.59. The lowest BCUT2D eigenvalue weighted by atomic mass is 10.2. The molecule has 0 aliphatic carbocycles. The van der Waals surface area contributed by atoms with Gasteiger partial charge in [-0.1, -0.05) is 19.8 Å². The van der Waals surface area contributed by atoms with Crippen molar-refractivity contribution in [2.75, 3.05) is 32.4 Å². The van der Waals surface area contributed by atoms with Gasteiger partial charge in [0.1, 0.15) is 0 Å². The zero-order valence-electron chi connectivity index (χ0n) is 12.0. The summed E-state index contributed by atoms with van der Waals surface area (Å²) in [6.45, 7) is 7.46. The molecular formula is C12H26N2O3S. The zero-order valence-corrected chi connectivity index (χ0v) is 12.8. The van der Waals surface area contributed by atoms with Gasteiger partial charge in [0.2, 0.25) is 15.9 Å². The number of carbonyl (C=O) groups excluding carboxylic acids is 1. The van der Waals surface area contributed by atoms with Gasteiger partial charge in [-0.2, -0.15) is 4.31 Å². The Kier molecular flexibility index (Phi) is 8.18. The van der Waals surface area contributed by atoms with Gasteiger partial charge < -0.3 is 4.90 Å². The average Bonchev–Trinajstić information content (AvgIpc) is 2.28. The van der Waals surface area contributed by atoms with Crippen LogP contribution in [0.2, 0.25) is 0 Å². The standard InChI is InChI=1S/C12H26N2O3S/c1-5-8-9-10-14(18(4,16)17)11-12(15)13(6-2)7-3/h5-11H2,1-4H3. The second-order valence-corrected chi connectivity index (χ2v) is 6.35. The largest absolute Gasteiger partial charge is 0.342 e. The van der Waals surface area contributed by atoms with Crippen LogP contribution >= 0.6 is 0 Å². The third-order valence-corrected chi connectivity index (χ3v) is 4.16. The molecule has 108 valence electrons. The lowest BCUT2D eigenvalue weighted by Crippen LogP contribution is -2.42. The van der Waals surface area contributed by atoms with Crippen molar-refractivity contribution in [2.45, 2.75) is 40.0 Å². The Balaban J connectivity index is 4.55. The molecule has 0 heterocycles. The van der Waals surface area contributed by atoms with Gasteiger partial charge >= 0.3 is 0 Å². The topological polar surface area (TPSA) is 57.7 Å². The van der Waals surface area contributed by atoms with Gasteiger partial charge in [-0.05, 0) is 20.3 Å². The van der Waals surface area contributed by atoms with Crippen molar-refractivity contribution in [1.82, 2.24) is 9.21 Å². The molecule has 0 aromatic heterocycles. The third kappa shape index (κ3) is 6.35. The van der Waals surface area contributed by atoms with E-state index in [9.17, 15) is 13.2 Å². The first kappa shape index (κ1) is 17.4. The lowest BCUT2D eigenvalue weighted by molar-refractivity contribution is -0.131. The van der Waals surface area contributed by atoms with E-state index in [0.29, 0.717) is 19.6 Å². The average molecular weight is 278 g/mol. The van der Waals surface area contributed by atoms with Crippen molar-refractivity contribution in [3.63, 3.8) is 0 Å². The van der Waals surface area contributed by atoms with E-state index in [1.807, 2.05) is 13.8 Å². The fourth-order valence-corrected chi connectivity index (χ4v) is 2.53. The van der Waals surface area contributed by atoms with E-state index in [1.54, 1.807) is 4.90 Å². The molecule has 1 amide bonds. The van der Waals surface area contributed by atoms with Crippen molar-refractivity contribution < 1.29 is 13.2 Å². The van der Waals surface area contributed by atoms with E-state index < -0.39 is 10.0 Å². The van der Waals surface area contributed by atoms with Crippen LogP contribution in [0.25, 0.3) is 0 Å². The molecule has 0 rings (SSSR count). The number of unbranched alkanes of at least 4 members (excludes halogenated alkanes) is 2. The molecule has 0 fully saturated rings. The predicted octanol–water partition coefficient (Wildman–Crippen LogP) is 1.31. The number of hydrogen-bond donors (Lipinski definition) is 0. The molecule has 6 heteroatoms. The van der Waals surface area contributed by atoms with E-state index in [0.717, 1.165) is 25.5 Å². The third-order valence-electron chi connectivity index (χ3n) is 2.91. The molecule has 0 saturated heterocycles. The predicted molar refractivity (Wildman–Crippen MR) is 73.9 cm³/mol. The fourth-order valence-electron chi connectivity index (χ4n) is 1.73. The molecule has 0 bridgehead atoms. The highest BCUT2D eigenvalue weighted by atomic mass is 32.2. The minimum absolute atomic E-state index is 0.0375. The van der Waals surface area contributed by atoms with Crippen molar-refractivity contribution >= 4 is 15.9 Å². The van der Waals surface area contributed by atoms with Crippen LogP contribution in [0, 0.1) is 0 Å². The minimum Gasteiger partial charge on any atom is -0.342 e. The summed E-state index contributed by atoms with van der Waals surface area (Å²) in [5.41, 5.74) is 0. The molecule has 0 aromatic carbocycles. The maximum Gasteiger partial charge on any atom is 0.237 e. The van der Waals surface area contributed by atoms with Gasteiger partial charge in [-0.3, -0.25) is 4.79 Å². The number of nitrogens with zero attached hydrogens (tertiary/aromatic N) is 2. The molecule has 18 heavy (non-hydrogen) atoms. The second kappa shape index (κ2) is 8.48. The van der Waals surface area contributed by atoms with Crippen molar-refractivity contribution in [1.29, 1.82) is 0 Å². The smallest absolute Gasteiger partial charge is 0.237 e. The highest BCUT2D eigenvalue weighted by molar-refractivity contribution is 7.88. The summed E-state index contributed by atoms with van der Waals surface area (Å²) < 4.78 is 24.5. The highest BCUT2D eigenvalue weighted by Gasteiger charge is 2.21. The van der Waals surface area contributed by atoms with Crippen LogP contribution in [-0.4, -0.2) is 56.0 Å². The van der Waals surface area contributed by atoms with Gasteiger partial charge in [0.25, 0.3) is 0 Å². The Bertz CT molecular complexity index is 337. The molecule has 0 aromatic rings. The van der Waals surface area contributed by atoms with Crippen LogP contribution in [-0.2, 0) is 14.8 Å². The number of hydrogen-bond acceptors (Lipinski definition) is 3. The molecule has 0 radical (unpaired) electrons. The normalized spacial score (nSPS) is 11.8. The SMILES string of the molecule is CCCCCN(CC(=O)N(CC)CC)S(C)(=O)=O. The van der Waals surface area contributed by atoms with E-state index in [-0.39, 0.29) is 12.5 Å². The number of likely N-dealkylation sites (N-methyl/N-ethyl adjacent to an activating group) is 1. The summed E-state index contributed by atoms with van der Waals surface area (Å²) in [6, 6.07) is 0. The van der Waals surface area contributed by atoms with Crippen LogP contribution in [0.5, 0.6) is 0 Å². The molecular weight excluding hydrogens is 252 g/mol. The Labute approximate surface area is 111 Å². The quantitative estimate of drug-likeness (QED) is 0.597. The van der Waals surface area contributed by atoms with Gasteiger partial charge in [0.05, 0.1) is 12.8 Å². The molecule has 0 aliphatic heterocycles.